The number of hydrogen-bond acceptors (Lipinski definition) is 7. The number of nitrogens with one attached hydrogen (secondary N) is 2. The van der Waals surface area contributed by atoms with Crippen LogP contribution >= 0.6 is 0 Å². The van der Waals surface area contributed by atoms with Gasteiger partial charge in [0.2, 0.25) is 20.0 Å². The van der Waals surface area contributed by atoms with Gasteiger partial charge in [0.05, 0.1) is 18.0 Å². The van der Waals surface area contributed by atoms with Crippen LogP contribution in [0.4, 0.5) is 17.2 Å². The summed E-state index contributed by atoms with van der Waals surface area (Å²) in [6.45, 7) is 3.30. The number of benzene rings is 2. The SMILES string of the molecule is Cc1cc(N(CCCO)CCc2ccc(NS(C)(=O)=O)cc2)nc2ccc(NS(C)(=O)=O)cc12. The normalized spacial score (nSPS) is 12.0. The maximum Gasteiger partial charge on any atom is 0.229 e. The molecule has 0 saturated heterocycles. The van der Waals surface area contributed by atoms with E-state index in [2.05, 4.69) is 14.3 Å². The molecule has 0 amide bonds. The van der Waals surface area contributed by atoms with Gasteiger partial charge in [0, 0.05) is 36.5 Å². The zero-order chi connectivity index (χ0) is 24.9. The zero-order valence-corrected chi connectivity index (χ0v) is 21.1. The molecule has 0 radical (unpaired) electrons. The summed E-state index contributed by atoms with van der Waals surface area (Å²) < 4.78 is 50.8. The lowest BCUT2D eigenvalue weighted by Gasteiger charge is -2.24. The lowest BCUT2D eigenvalue weighted by molar-refractivity contribution is 0.289. The van der Waals surface area contributed by atoms with Crippen molar-refractivity contribution in [3.8, 4) is 0 Å². The first kappa shape index (κ1) is 25.7. The predicted octanol–water partition coefficient (Wildman–Crippen LogP) is 2.72. The second kappa shape index (κ2) is 10.6. The molecule has 184 valence electrons. The van der Waals surface area contributed by atoms with Crippen LogP contribution < -0.4 is 14.3 Å². The summed E-state index contributed by atoms with van der Waals surface area (Å²) in [5.74, 6) is 0.776. The monoisotopic (exact) mass is 506 g/mol. The number of aromatic nitrogens is 1. The average molecular weight is 507 g/mol. The van der Waals surface area contributed by atoms with Crippen molar-refractivity contribution in [3.05, 3.63) is 59.7 Å². The highest BCUT2D eigenvalue weighted by atomic mass is 32.2. The molecule has 2 aromatic carbocycles. The number of fused-ring (bicyclic) bond motifs is 1. The highest BCUT2D eigenvalue weighted by Gasteiger charge is 2.13. The number of nitrogens with zero attached hydrogens (tertiary/aromatic N) is 2. The van der Waals surface area contributed by atoms with E-state index in [1.807, 2.05) is 25.1 Å². The quantitative estimate of drug-likeness (QED) is 0.365. The summed E-state index contributed by atoms with van der Waals surface area (Å²) in [5, 5.41) is 10.2. The summed E-state index contributed by atoms with van der Waals surface area (Å²) in [5.41, 5.74) is 3.75. The molecule has 0 fully saturated rings. The molecule has 9 nitrogen and oxygen atoms in total. The number of rotatable bonds is 11. The van der Waals surface area contributed by atoms with Crippen LogP contribution in [0.25, 0.3) is 10.9 Å². The number of aryl methyl sites for hydroxylation is 1. The second-order valence-corrected chi connectivity index (χ2v) is 11.8. The molecule has 0 aliphatic heterocycles. The second-order valence-electron chi connectivity index (χ2n) is 8.29. The topological polar surface area (TPSA) is 129 Å². The molecule has 0 saturated carbocycles. The van der Waals surface area contributed by atoms with Crippen LogP contribution in [0, 0.1) is 6.92 Å². The smallest absolute Gasteiger partial charge is 0.229 e. The summed E-state index contributed by atoms with van der Waals surface area (Å²) >= 11 is 0. The third-order valence-corrected chi connectivity index (χ3v) is 6.36. The molecule has 3 aromatic rings. The van der Waals surface area contributed by atoms with Crippen molar-refractivity contribution in [3.63, 3.8) is 0 Å². The lowest BCUT2D eigenvalue weighted by atomic mass is 10.1. The van der Waals surface area contributed by atoms with Gasteiger partial charge in [-0.15, -0.1) is 0 Å². The summed E-state index contributed by atoms with van der Waals surface area (Å²) in [7, 11) is -6.69. The minimum absolute atomic E-state index is 0.0649. The first-order valence-corrected chi connectivity index (χ1v) is 14.5. The fourth-order valence-corrected chi connectivity index (χ4v) is 4.76. The molecule has 0 atom stereocenters. The van der Waals surface area contributed by atoms with Gasteiger partial charge in [-0.1, -0.05) is 12.1 Å². The van der Waals surface area contributed by atoms with Gasteiger partial charge in [0.25, 0.3) is 0 Å². The first-order valence-electron chi connectivity index (χ1n) is 10.8. The van der Waals surface area contributed by atoms with E-state index in [1.54, 1.807) is 30.3 Å². The molecule has 0 bridgehead atoms. The van der Waals surface area contributed by atoms with Crippen LogP contribution in [-0.2, 0) is 26.5 Å². The first-order chi connectivity index (χ1) is 15.9. The number of aliphatic hydroxyl groups is 1. The van der Waals surface area contributed by atoms with Crippen molar-refractivity contribution in [1.29, 1.82) is 0 Å². The number of hydrogen-bond donors (Lipinski definition) is 3. The van der Waals surface area contributed by atoms with E-state index in [0.29, 0.717) is 37.3 Å². The molecule has 0 aliphatic rings. The molecular formula is C23H30N4O5S2. The molecule has 34 heavy (non-hydrogen) atoms. The van der Waals surface area contributed by atoms with Crippen molar-refractivity contribution in [2.24, 2.45) is 0 Å². The Balaban J connectivity index is 1.81. The van der Waals surface area contributed by atoms with Crippen molar-refractivity contribution >= 4 is 48.1 Å². The van der Waals surface area contributed by atoms with Crippen LogP contribution in [0.1, 0.15) is 17.5 Å². The summed E-state index contributed by atoms with van der Waals surface area (Å²) in [4.78, 5) is 6.89. The van der Waals surface area contributed by atoms with Crippen molar-refractivity contribution in [2.45, 2.75) is 19.8 Å². The van der Waals surface area contributed by atoms with E-state index >= 15 is 0 Å². The molecule has 1 aromatic heterocycles. The van der Waals surface area contributed by atoms with E-state index in [9.17, 15) is 21.9 Å². The predicted molar refractivity (Wildman–Crippen MR) is 137 cm³/mol. The average Bonchev–Trinajstić information content (AvgIpc) is 2.73. The maximum absolute atomic E-state index is 11.6. The Labute approximate surface area is 200 Å². The van der Waals surface area contributed by atoms with Crippen molar-refractivity contribution in [2.75, 3.05) is 46.6 Å². The Kier molecular flexibility index (Phi) is 8.01. The van der Waals surface area contributed by atoms with Crippen LogP contribution in [0.5, 0.6) is 0 Å². The minimum Gasteiger partial charge on any atom is -0.396 e. The van der Waals surface area contributed by atoms with Crippen LogP contribution in [0.3, 0.4) is 0 Å². The van der Waals surface area contributed by atoms with E-state index < -0.39 is 20.0 Å². The van der Waals surface area contributed by atoms with Gasteiger partial charge in [-0.25, -0.2) is 21.8 Å². The third-order valence-electron chi connectivity index (χ3n) is 5.14. The number of aliphatic hydroxyl groups excluding tert-OH is 1. The highest BCUT2D eigenvalue weighted by molar-refractivity contribution is 7.92. The number of sulfonamides is 2. The minimum atomic E-state index is -3.37. The van der Waals surface area contributed by atoms with Gasteiger partial charge in [0.15, 0.2) is 0 Å². The van der Waals surface area contributed by atoms with Gasteiger partial charge in [0.1, 0.15) is 5.82 Å². The van der Waals surface area contributed by atoms with Gasteiger partial charge in [-0.05, 0) is 67.3 Å². The Morgan fingerprint density at radius 1 is 0.882 bits per heavy atom. The van der Waals surface area contributed by atoms with Crippen molar-refractivity contribution in [1.82, 2.24) is 4.98 Å². The van der Waals surface area contributed by atoms with E-state index in [-0.39, 0.29) is 6.61 Å². The lowest BCUT2D eigenvalue weighted by Crippen LogP contribution is -2.28. The van der Waals surface area contributed by atoms with Crippen molar-refractivity contribution < 1.29 is 21.9 Å². The fourth-order valence-electron chi connectivity index (χ4n) is 3.64. The molecular weight excluding hydrogens is 476 g/mol. The largest absolute Gasteiger partial charge is 0.396 e. The molecule has 11 heteroatoms. The fraction of sp³-hybridized carbons (Fsp3) is 0.348. The number of anilines is 3. The molecule has 0 unspecified atom stereocenters. The van der Waals surface area contributed by atoms with Gasteiger partial charge >= 0.3 is 0 Å². The Morgan fingerprint density at radius 3 is 2.12 bits per heavy atom. The van der Waals surface area contributed by atoms with Crippen LogP contribution in [0.2, 0.25) is 0 Å². The number of pyridine rings is 1. The molecule has 1 heterocycles. The maximum atomic E-state index is 11.6. The van der Waals surface area contributed by atoms with E-state index in [0.717, 1.165) is 40.4 Å². The van der Waals surface area contributed by atoms with Gasteiger partial charge < -0.3 is 10.0 Å². The van der Waals surface area contributed by atoms with Gasteiger partial charge in [-0.3, -0.25) is 9.44 Å². The van der Waals surface area contributed by atoms with Gasteiger partial charge in [-0.2, -0.15) is 0 Å². The molecule has 3 rings (SSSR count). The van der Waals surface area contributed by atoms with Crippen LogP contribution in [0.15, 0.2) is 48.5 Å². The molecule has 0 spiro atoms. The summed E-state index contributed by atoms with van der Waals surface area (Å²) in [6, 6.07) is 14.4. The zero-order valence-electron chi connectivity index (χ0n) is 19.4. The summed E-state index contributed by atoms with van der Waals surface area (Å²) in [6.07, 6.45) is 3.52. The van der Waals surface area contributed by atoms with E-state index in [4.69, 9.17) is 4.98 Å². The standard InChI is InChI=1S/C23H30N4O5S2/c1-17-15-23(24-22-10-9-20(16-21(17)22)26-34(3,31)32)27(12-4-14-28)13-11-18-5-7-19(8-6-18)25-33(2,29)30/h5-10,15-16,25-26,28H,4,11-14H2,1-3H3. The third kappa shape index (κ3) is 7.57. The Hall–Kier alpha value is -2.89. The Bertz CT molecular complexity index is 1360. The highest BCUT2D eigenvalue weighted by Crippen LogP contribution is 2.26. The Morgan fingerprint density at radius 2 is 1.50 bits per heavy atom. The van der Waals surface area contributed by atoms with Crippen LogP contribution in [-0.4, -0.2) is 59.1 Å². The van der Waals surface area contributed by atoms with E-state index in [1.165, 1.54) is 0 Å². The molecule has 3 N–H and O–H groups in total. The molecule has 0 aliphatic carbocycles.